The van der Waals surface area contributed by atoms with Crippen LogP contribution in [-0.2, 0) is 6.61 Å². The molecule has 3 aromatic rings. The van der Waals surface area contributed by atoms with Gasteiger partial charge in [-0.25, -0.2) is 4.98 Å². The van der Waals surface area contributed by atoms with Crippen molar-refractivity contribution in [1.29, 1.82) is 0 Å². The number of aromatic nitrogens is 1. The highest BCUT2D eigenvalue weighted by molar-refractivity contribution is 7.22. The average molecular weight is 298 g/mol. The SMILES string of the molecule is Cc1cc(C)c(Nc2nc3cccc(CO)c3s2)c(C)c1. The molecule has 0 spiro atoms. The fraction of sp³-hybridized carbons (Fsp3) is 0.235. The number of benzene rings is 2. The van der Waals surface area contributed by atoms with Crippen LogP contribution < -0.4 is 5.32 Å². The highest BCUT2D eigenvalue weighted by atomic mass is 32.1. The zero-order valence-corrected chi connectivity index (χ0v) is 13.2. The maximum atomic E-state index is 9.41. The summed E-state index contributed by atoms with van der Waals surface area (Å²) < 4.78 is 1.05. The van der Waals surface area contributed by atoms with E-state index >= 15 is 0 Å². The molecule has 0 unspecified atom stereocenters. The molecule has 4 heteroatoms. The van der Waals surface area contributed by atoms with Gasteiger partial charge in [-0.2, -0.15) is 0 Å². The standard InChI is InChI=1S/C17H18N2OS/c1-10-7-11(2)15(12(3)8-10)19-17-18-14-6-4-5-13(9-20)16(14)21-17/h4-8,20H,9H2,1-3H3,(H,18,19). The maximum Gasteiger partial charge on any atom is 0.188 e. The Morgan fingerprint density at radius 3 is 2.52 bits per heavy atom. The van der Waals surface area contributed by atoms with Crippen molar-refractivity contribution in [2.24, 2.45) is 0 Å². The van der Waals surface area contributed by atoms with Gasteiger partial charge in [-0.05, 0) is 43.5 Å². The van der Waals surface area contributed by atoms with Gasteiger partial charge in [0.1, 0.15) is 0 Å². The maximum absolute atomic E-state index is 9.41. The molecule has 0 aliphatic carbocycles. The third-order valence-corrected chi connectivity index (χ3v) is 4.64. The molecular weight excluding hydrogens is 280 g/mol. The Labute approximate surface area is 128 Å². The summed E-state index contributed by atoms with van der Waals surface area (Å²) >= 11 is 1.58. The summed E-state index contributed by atoms with van der Waals surface area (Å²) in [6.07, 6.45) is 0. The minimum atomic E-state index is 0.0432. The van der Waals surface area contributed by atoms with Crippen LogP contribution in [0.2, 0.25) is 0 Å². The molecule has 21 heavy (non-hydrogen) atoms. The molecular formula is C17H18N2OS. The van der Waals surface area contributed by atoms with Gasteiger partial charge in [0.2, 0.25) is 0 Å². The molecule has 0 saturated heterocycles. The number of hydrogen-bond acceptors (Lipinski definition) is 4. The molecule has 0 radical (unpaired) electrons. The highest BCUT2D eigenvalue weighted by Crippen LogP contribution is 2.33. The lowest BCUT2D eigenvalue weighted by molar-refractivity contribution is 0.283. The lowest BCUT2D eigenvalue weighted by Crippen LogP contribution is -1.96. The number of aliphatic hydroxyl groups is 1. The fourth-order valence-corrected chi connectivity index (χ4v) is 3.64. The van der Waals surface area contributed by atoms with E-state index in [2.05, 4.69) is 43.2 Å². The number of thiazole rings is 1. The number of aryl methyl sites for hydroxylation is 3. The summed E-state index contributed by atoms with van der Waals surface area (Å²) in [6.45, 7) is 6.36. The highest BCUT2D eigenvalue weighted by Gasteiger charge is 2.10. The molecule has 0 saturated carbocycles. The van der Waals surface area contributed by atoms with Crippen LogP contribution in [0.25, 0.3) is 10.2 Å². The van der Waals surface area contributed by atoms with Gasteiger partial charge in [-0.3, -0.25) is 0 Å². The summed E-state index contributed by atoms with van der Waals surface area (Å²) in [4.78, 5) is 4.62. The molecule has 3 rings (SSSR count). The molecule has 1 heterocycles. The Hall–Kier alpha value is -1.91. The number of aliphatic hydroxyl groups excluding tert-OH is 1. The first kappa shape index (κ1) is 14.0. The second-order valence-corrected chi connectivity index (χ2v) is 6.34. The number of anilines is 2. The molecule has 0 aliphatic heterocycles. The van der Waals surface area contributed by atoms with Crippen molar-refractivity contribution in [3.63, 3.8) is 0 Å². The largest absolute Gasteiger partial charge is 0.392 e. The van der Waals surface area contributed by atoms with E-state index in [1.54, 1.807) is 11.3 Å². The Morgan fingerprint density at radius 1 is 1.14 bits per heavy atom. The first-order chi connectivity index (χ1) is 10.1. The Kier molecular flexibility index (Phi) is 3.66. The Morgan fingerprint density at radius 2 is 1.86 bits per heavy atom. The normalized spacial score (nSPS) is 11.0. The van der Waals surface area contributed by atoms with Gasteiger partial charge in [-0.1, -0.05) is 41.2 Å². The fourth-order valence-electron chi connectivity index (χ4n) is 2.67. The monoisotopic (exact) mass is 298 g/mol. The minimum absolute atomic E-state index is 0.0432. The van der Waals surface area contributed by atoms with E-state index in [0.717, 1.165) is 26.6 Å². The smallest absolute Gasteiger partial charge is 0.188 e. The Balaban J connectivity index is 2.03. The van der Waals surface area contributed by atoms with E-state index in [0.29, 0.717) is 0 Å². The first-order valence-corrected chi connectivity index (χ1v) is 7.74. The van der Waals surface area contributed by atoms with Crippen molar-refractivity contribution in [2.75, 3.05) is 5.32 Å². The van der Waals surface area contributed by atoms with Crippen LogP contribution >= 0.6 is 11.3 Å². The van der Waals surface area contributed by atoms with Gasteiger partial charge >= 0.3 is 0 Å². The molecule has 0 bridgehead atoms. The zero-order chi connectivity index (χ0) is 15.0. The predicted molar refractivity (Wildman–Crippen MR) is 89.5 cm³/mol. The third kappa shape index (κ3) is 2.64. The zero-order valence-electron chi connectivity index (χ0n) is 12.4. The molecule has 2 aromatic carbocycles. The lowest BCUT2D eigenvalue weighted by Gasteiger charge is -2.11. The number of rotatable bonds is 3. The van der Waals surface area contributed by atoms with E-state index in [-0.39, 0.29) is 6.61 Å². The lowest BCUT2D eigenvalue weighted by atomic mass is 10.1. The molecule has 0 fully saturated rings. The van der Waals surface area contributed by atoms with Crippen molar-refractivity contribution in [3.8, 4) is 0 Å². The van der Waals surface area contributed by atoms with Gasteiger partial charge in [0.25, 0.3) is 0 Å². The summed E-state index contributed by atoms with van der Waals surface area (Å²) in [7, 11) is 0. The molecule has 0 atom stereocenters. The van der Waals surface area contributed by atoms with E-state index in [1.807, 2.05) is 18.2 Å². The molecule has 2 N–H and O–H groups in total. The van der Waals surface area contributed by atoms with Crippen LogP contribution in [0.5, 0.6) is 0 Å². The van der Waals surface area contributed by atoms with Crippen LogP contribution in [0.4, 0.5) is 10.8 Å². The number of nitrogens with zero attached hydrogens (tertiary/aromatic N) is 1. The minimum Gasteiger partial charge on any atom is -0.392 e. The van der Waals surface area contributed by atoms with Crippen LogP contribution in [-0.4, -0.2) is 10.1 Å². The number of nitrogens with one attached hydrogen (secondary N) is 1. The van der Waals surface area contributed by atoms with Crippen molar-refractivity contribution in [3.05, 3.63) is 52.6 Å². The van der Waals surface area contributed by atoms with Gasteiger partial charge in [-0.15, -0.1) is 0 Å². The van der Waals surface area contributed by atoms with Gasteiger partial charge in [0.05, 0.1) is 16.8 Å². The van der Waals surface area contributed by atoms with E-state index < -0.39 is 0 Å². The van der Waals surface area contributed by atoms with Crippen LogP contribution in [0.15, 0.2) is 30.3 Å². The van der Waals surface area contributed by atoms with Crippen molar-refractivity contribution in [2.45, 2.75) is 27.4 Å². The molecule has 0 amide bonds. The summed E-state index contributed by atoms with van der Waals surface area (Å²) in [5.74, 6) is 0. The molecule has 1 aromatic heterocycles. The summed E-state index contributed by atoms with van der Waals surface area (Å²) in [6, 6.07) is 10.2. The third-order valence-electron chi connectivity index (χ3n) is 3.58. The second kappa shape index (κ2) is 5.47. The first-order valence-electron chi connectivity index (χ1n) is 6.92. The van der Waals surface area contributed by atoms with Crippen LogP contribution in [0.1, 0.15) is 22.3 Å². The summed E-state index contributed by atoms with van der Waals surface area (Å²) in [5.41, 5.74) is 6.67. The second-order valence-electron chi connectivity index (χ2n) is 5.34. The molecule has 108 valence electrons. The number of fused-ring (bicyclic) bond motifs is 1. The van der Waals surface area contributed by atoms with E-state index in [1.165, 1.54) is 16.7 Å². The average Bonchev–Trinajstić information content (AvgIpc) is 2.85. The topological polar surface area (TPSA) is 45.2 Å². The van der Waals surface area contributed by atoms with Crippen LogP contribution in [0, 0.1) is 20.8 Å². The number of hydrogen-bond donors (Lipinski definition) is 2. The van der Waals surface area contributed by atoms with Crippen molar-refractivity contribution in [1.82, 2.24) is 4.98 Å². The van der Waals surface area contributed by atoms with E-state index in [4.69, 9.17) is 0 Å². The quantitative estimate of drug-likeness (QED) is 0.750. The Bertz CT molecular complexity index is 785. The van der Waals surface area contributed by atoms with Crippen LogP contribution in [0.3, 0.4) is 0 Å². The van der Waals surface area contributed by atoms with Gasteiger partial charge < -0.3 is 10.4 Å². The molecule has 3 nitrogen and oxygen atoms in total. The van der Waals surface area contributed by atoms with E-state index in [9.17, 15) is 5.11 Å². The van der Waals surface area contributed by atoms with Crippen molar-refractivity contribution >= 4 is 32.4 Å². The van der Waals surface area contributed by atoms with Gasteiger partial charge in [0.15, 0.2) is 5.13 Å². The van der Waals surface area contributed by atoms with Crippen molar-refractivity contribution < 1.29 is 5.11 Å². The summed E-state index contributed by atoms with van der Waals surface area (Å²) in [5, 5.41) is 13.7. The molecule has 0 aliphatic rings. The predicted octanol–water partition coefficient (Wildman–Crippen LogP) is 4.46. The van der Waals surface area contributed by atoms with Gasteiger partial charge in [0, 0.05) is 5.69 Å².